The summed E-state index contributed by atoms with van der Waals surface area (Å²) in [5.74, 6) is -5.61. The van der Waals surface area contributed by atoms with E-state index < -0.39 is 47.9 Å². The number of carboxylic acids is 2. The van der Waals surface area contributed by atoms with E-state index in [9.17, 15) is 43.9 Å². The van der Waals surface area contributed by atoms with E-state index in [1.54, 1.807) is 13.0 Å². The minimum absolute atomic E-state index is 0.266. The largest absolute Gasteiger partial charge is 0.490 e. The number of alkyl halides is 9. The van der Waals surface area contributed by atoms with Crippen molar-refractivity contribution in [3.63, 3.8) is 0 Å². The van der Waals surface area contributed by atoms with Gasteiger partial charge in [-0.15, -0.1) is 0 Å². The molecule has 0 aliphatic heterocycles. The van der Waals surface area contributed by atoms with Crippen LogP contribution in [0.4, 0.5) is 49.7 Å². The highest BCUT2D eigenvalue weighted by Crippen LogP contribution is 2.37. The molecule has 1 aromatic carbocycles. The van der Waals surface area contributed by atoms with Crippen LogP contribution in [0.25, 0.3) is 28.1 Å². The normalized spacial score (nSPS) is 12.5. The molecule has 0 bridgehead atoms. The molecule has 0 saturated heterocycles. The molecule has 0 fully saturated rings. The number of hydrogen-bond donors (Lipinski definition) is 4. The van der Waals surface area contributed by atoms with Crippen molar-refractivity contribution in [1.29, 1.82) is 0 Å². The predicted octanol–water partition coefficient (Wildman–Crippen LogP) is 6.27. The fourth-order valence-corrected chi connectivity index (χ4v) is 3.68. The first-order valence-electron chi connectivity index (χ1n) is 12.1. The molecule has 0 saturated carbocycles. The molecule has 4 heterocycles. The van der Waals surface area contributed by atoms with Crippen LogP contribution in [0.5, 0.6) is 0 Å². The van der Waals surface area contributed by atoms with Gasteiger partial charge >= 0.3 is 30.5 Å². The van der Waals surface area contributed by atoms with Crippen LogP contribution >= 0.6 is 0 Å². The van der Waals surface area contributed by atoms with Crippen LogP contribution in [0.3, 0.4) is 0 Å². The van der Waals surface area contributed by atoms with Crippen molar-refractivity contribution in [1.82, 2.24) is 29.3 Å². The van der Waals surface area contributed by atoms with E-state index in [1.807, 2.05) is 0 Å². The van der Waals surface area contributed by atoms with E-state index in [1.165, 1.54) is 47.5 Å². The van der Waals surface area contributed by atoms with Gasteiger partial charge in [-0.25, -0.2) is 33.9 Å². The number of hydrogen-bond acceptors (Lipinski definition) is 7. The summed E-state index contributed by atoms with van der Waals surface area (Å²) >= 11 is 0. The number of nitrogens with one attached hydrogen (secondary N) is 2. The highest BCUT2D eigenvalue weighted by molar-refractivity contribution is 5.82. The van der Waals surface area contributed by atoms with Crippen LogP contribution < -0.4 is 5.32 Å². The molecule has 4 N–H and O–H groups in total. The number of rotatable bonds is 4. The minimum Gasteiger partial charge on any atom is -0.475 e. The third-order valence-electron chi connectivity index (χ3n) is 5.55. The number of pyridine rings is 1. The highest BCUT2D eigenvalue weighted by Gasteiger charge is 2.39. The fraction of sp³-hybridized carbons (Fsp3) is 0.200. The lowest BCUT2D eigenvalue weighted by molar-refractivity contribution is -0.193. The van der Waals surface area contributed by atoms with E-state index >= 15 is 0 Å². The number of benzene rings is 1. The van der Waals surface area contributed by atoms with E-state index in [0.717, 1.165) is 6.07 Å². The van der Waals surface area contributed by atoms with E-state index in [-0.39, 0.29) is 5.65 Å². The van der Waals surface area contributed by atoms with Crippen molar-refractivity contribution in [2.24, 2.45) is 0 Å². The molecular formula is C25H17F10N7O4. The Bertz CT molecular complexity index is 1830. The molecule has 0 aliphatic carbocycles. The lowest BCUT2D eigenvalue weighted by Gasteiger charge is -2.15. The highest BCUT2D eigenvalue weighted by atomic mass is 19.4. The second-order valence-electron chi connectivity index (χ2n) is 8.76. The Kier molecular flexibility index (Phi) is 10.1. The standard InChI is InChI=1S/C21H15F4N7.2C2HF3O2/c1-11(30-19-16-18(27-9-26-16)28-10-29-19)15-17(12-4-2-5-13(22)8-12)32-7-3-6-14(20(32)31-15)21(23,24)25;2*3-2(4,5)1(6)7/h2-11H,1H3,(H2,26,27,28,29,30);2*(H,6,7). The number of carboxylic acid groups (broad SMARTS) is 2. The van der Waals surface area contributed by atoms with Crippen LogP contribution in [-0.2, 0) is 15.8 Å². The predicted molar refractivity (Wildman–Crippen MR) is 137 cm³/mol. The molecule has 46 heavy (non-hydrogen) atoms. The van der Waals surface area contributed by atoms with Crippen LogP contribution in [0.15, 0.2) is 55.2 Å². The molecule has 0 spiro atoms. The van der Waals surface area contributed by atoms with Crippen LogP contribution in [0.1, 0.15) is 24.2 Å². The van der Waals surface area contributed by atoms with Crippen LogP contribution in [-0.4, -0.2) is 63.8 Å². The number of aromatic amines is 1. The Morgan fingerprint density at radius 3 is 2.07 bits per heavy atom. The Morgan fingerprint density at radius 2 is 1.52 bits per heavy atom. The Hall–Kier alpha value is -5.50. The lowest BCUT2D eigenvalue weighted by atomic mass is 10.1. The molecule has 11 nitrogen and oxygen atoms in total. The zero-order valence-corrected chi connectivity index (χ0v) is 22.5. The molecule has 0 aliphatic rings. The average Bonchev–Trinajstić information content (AvgIpc) is 3.58. The van der Waals surface area contributed by atoms with Crippen LogP contribution in [0.2, 0.25) is 0 Å². The summed E-state index contributed by atoms with van der Waals surface area (Å²) < 4.78 is 120. The second-order valence-corrected chi connectivity index (χ2v) is 8.76. The van der Waals surface area contributed by atoms with Gasteiger partial charge in [-0.05, 0) is 31.2 Å². The summed E-state index contributed by atoms with van der Waals surface area (Å²) in [4.78, 5) is 37.4. The van der Waals surface area contributed by atoms with Gasteiger partial charge in [0.1, 0.15) is 23.3 Å². The molecule has 5 rings (SSSR count). The van der Waals surface area contributed by atoms with E-state index in [4.69, 9.17) is 19.8 Å². The zero-order valence-electron chi connectivity index (χ0n) is 22.5. The lowest BCUT2D eigenvalue weighted by Crippen LogP contribution is -2.21. The number of fused-ring (bicyclic) bond motifs is 2. The van der Waals surface area contributed by atoms with Gasteiger partial charge in [0.15, 0.2) is 11.5 Å². The fourth-order valence-electron chi connectivity index (χ4n) is 3.68. The van der Waals surface area contributed by atoms with Gasteiger partial charge in [0.05, 0.1) is 29.3 Å². The zero-order chi connectivity index (χ0) is 34.6. The topological polar surface area (TPSA) is 158 Å². The number of anilines is 1. The number of aromatic nitrogens is 6. The Balaban J connectivity index is 0.000000345. The number of halogens is 10. The number of imidazole rings is 2. The monoisotopic (exact) mass is 669 g/mol. The second kappa shape index (κ2) is 13.2. The Labute approximate surface area is 248 Å². The summed E-state index contributed by atoms with van der Waals surface area (Å²) in [6, 6.07) is 7.33. The van der Waals surface area contributed by atoms with Gasteiger partial charge in [0.25, 0.3) is 0 Å². The van der Waals surface area contributed by atoms with E-state index in [2.05, 4.69) is 30.2 Å². The third-order valence-corrected chi connectivity index (χ3v) is 5.55. The van der Waals surface area contributed by atoms with Gasteiger partial charge in [0.2, 0.25) is 0 Å². The number of carbonyl (C=O) groups is 2. The molecule has 0 amide bonds. The minimum atomic E-state index is -5.08. The number of nitrogens with zero attached hydrogens (tertiary/aromatic N) is 5. The summed E-state index contributed by atoms with van der Waals surface area (Å²) in [5, 5.41) is 17.4. The van der Waals surface area contributed by atoms with Crippen molar-refractivity contribution in [2.45, 2.75) is 31.5 Å². The first-order valence-corrected chi connectivity index (χ1v) is 12.1. The molecule has 246 valence electrons. The summed E-state index contributed by atoms with van der Waals surface area (Å²) in [6.45, 7) is 1.74. The smallest absolute Gasteiger partial charge is 0.475 e. The van der Waals surface area contributed by atoms with Crippen molar-refractivity contribution in [3.05, 3.63) is 72.3 Å². The van der Waals surface area contributed by atoms with Crippen molar-refractivity contribution >= 4 is 34.6 Å². The first-order chi connectivity index (χ1) is 21.2. The summed E-state index contributed by atoms with van der Waals surface area (Å²) in [6.07, 6.45) is -10.5. The van der Waals surface area contributed by atoms with Crippen LogP contribution in [0, 0.1) is 5.82 Å². The number of H-pyrrole nitrogens is 1. The van der Waals surface area contributed by atoms with Crippen molar-refractivity contribution in [2.75, 3.05) is 5.32 Å². The SMILES string of the molecule is CC(Nc1ncnc2nc[nH]c12)c1nc2c(C(F)(F)F)cccn2c1-c1cccc(F)c1.O=C(O)C(F)(F)F.O=C(O)C(F)(F)F. The summed E-state index contributed by atoms with van der Waals surface area (Å²) in [5.41, 5.74) is 0.890. The quantitative estimate of drug-likeness (QED) is 0.162. The molecule has 4 aromatic heterocycles. The Morgan fingerprint density at radius 1 is 0.913 bits per heavy atom. The van der Waals surface area contributed by atoms with Gasteiger partial charge in [-0.1, -0.05) is 12.1 Å². The maximum Gasteiger partial charge on any atom is 0.490 e. The van der Waals surface area contributed by atoms with Crippen molar-refractivity contribution in [3.8, 4) is 11.3 Å². The molecule has 21 heteroatoms. The molecule has 1 unspecified atom stereocenters. The van der Waals surface area contributed by atoms with Gasteiger partial charge < -0.3 is 20.5 Å². The average molecular weight is 669 g/mol. The number of aliphatic carboxylic acids is 2. The van der Waals surface area contributed by atoms with Gasteiger partial charge in [-0.2, -0.15) is 39.5 Å². The summed E-state index contributed by atoms with van der Waals surface area (Å²) in [7, 11) is 0. The third kappa shape index (κ3) is 8.35. The first kappa shape index (κ1) is 35.0. The maximum atomic E-state index is 14.0. The maximum absolute atomic E-state index is 14.0. The van der Waals surface area contributed by atoms with Gasteiger partial charge in [0, 0.05) is 11.8 Å². The molecular weight excluding hydrogens is 652 g/mol. The molecule has 1 atom stereocenters. The van der Waals surface area contributed by atoms with Crippen molar-refractivity contribution < 1.29 is 63.7 Å². The van der Waals surface area contributed by atoms with Gasteiger partial charge in [-0.3, -0.25) is 4.40 Å². The van der Waals surface area contributed by atoms with E-state index in [0.29, 0.717) is 33.9 Å². The molecule has 5 aromatic rings. The molecule has 0 radical (unpaired) electrons.